The van der Waals surface area contributed by atoms with Gasteiger partial charge in [0, 0.05) is 17.1 Å². The summed E-state index contributed by atoms with van der Waals surface area (Å²) in [4.78, 5) is 20.0. The van der Waals surface area contributed by atoms with Crippen molar-refractivity contribution in [3.63, 3.8) is 0 Å². The predicted molar refractivity (Wildman–Crippen MR) is 117 cm³/mol. The molecule has 2 N–H and O–H groups in total. The van der Waals surface area contributed by atoms with E-state index >= 15 is 0 Å². The number of amides is 1. The second-order valence-electron chi connectivity index (χ2n) is 7.00. The molecular formula is C22H15ClF2N6O. The molecule has 0 bridgehead atoms. The zero-order valence-corrected chi connectivity index (χ0v) is 17.2. The van der Waals surface area contributed by atoms with Gasteiger partial charge in [-0.2, -0.15) is 0 Å². The van der Waals surface area contributed by atoms with Crippen LogP contribution in [0.3, 0.4) is 0 Å². The molecule has 0 aliphatic carbocycles. The van der Waals surface area contributed by atoms with Gasteiger partial charge in [-0.1, -0.05) is 17.3 Å². The van der Waals surface area contributed by atoms with Crippen molar-refractivity contribution in [2.75, 3.05) is 0 Å². The average Bonchev–Trinajstić information content (AvgIpc) is 3.15. The highest BCUT2D eigenvalue weighted by Crippen LogP contribution is 2.25. The molecule has 2 aromatic carbocycles. The normalized spacial score (nSPS) is 10.9. The van der Waals surface area contributed by atoms with E-state index in [1.54, 1.807) is 23.0 Å². The van der Waals surface area contributed by atoms with Crippen molar-refractivity contribution in [3.8, 4) is 11.3 Å². The van der Waals surface area contributed by atoms with Crippen LogP contribution < -0.4 is 5.73 Å². The van der Waals surface area contributed by atoms with Crippen LogP contribution in [0.1, 0.15) is 15.9 Å². The summed E-state index contributed by atoms with van der Waals surface area (Å²) in [6.45, 7) is 0.404. The average molecular weight is 453 g/mol. The van der Waals surface area contributed by atoms with Gasteiger partial charge in [0.2, 0.25) is 0 Å². The number of carbonyl (C=O) groups is 1. The number of aromatic nitrogens is 5. The van der Waals surface area contributed by atoms with Crippen molar-refractivity contribution in [1.29, 1.82) is 0 Å². The van der Waals surface area contributed by atoms with Gasteiger partial charge in [-0.25, -0.2) is 18.4 Å². The Kier molecular flexibility index (Phi) is 5.50. The van der Waals surface area contributed by atoms with Crippen molar-refractivity contribution < 1.29 is 13.6 Å². The molecule has 3 heterocycles. The molecule has 0 aliphatic rings. The maximum atomic E-state index is 14.2. The van der Waals surface area contributed by atoms with Crippen LogP contribution in [0.25, 0.3) is 33.3 Å². The Labute approximate surface area is 186 Å². The van der Waals surface area contributed by atoms with Gasteiger partial charge in [-0.15, -0.1) is 17.5 Å². The third-order valence-electron chi connectivity index (χ3n) is 4.94. The number of hydrogen-bond donors (Lipinski definition) is 1. The first-order valence-corrected chi connectivity index (χ1v) is 9.33. The number of nitrogens with zero attached hydrogens (tertiary/aromatic N) is 5. The molecule has 0 fully saturated rings. The summed E-state index contributed by atoms with van der Waals surface area (Å²) in [5.41, 5.74) is 7.61. The monoisotopic (exact) mass is 452 g/mol. The van der Waals surface area contributed by atoms with Gasteiger partial charge in [0.25, 0.3) is 5.91 Å². The number of hydrogen-bond acceptors (Lipinski definition) is 5. The van der Waals surface area contributed by atoms with E-state index in [0.29, 0.717) is 23.4 Å². The first kappa shape index (κ1) is 21.3. The molecule has 5 aromatic rings. The SMILES string of the molecule is Cl.NC(=O)c1c(F)cc(-c2ccc3nnn(Cc4ccc5ncccc5c4)c3n2)cc1F. The van der Waals surface area contributed by atoms with Gasteiger partial charge in [-0.3, -0.25) is 9.78 Å². The molecule has 0 spiro atoms. The lowest BCUT2D eigenvalue weighted by atomic mass is 10.1. The van der Waals surface area contributed by atoms with E-state index in [1.165, 1.54) is 0 Å². The molecule has 7 nitrogen and oxygen atoms in total. The van der Waals surface area contributed by atoms with E-state index in [-0.39, 0.29) is 18.0 Å². The molecule has 0 unspecified atom stereocenters. The third-order valence-corrected chi connectivity index (χ3v) is 4.94. The molecule has 0 saturated carbocycles. The number of rotatable bonds is 4. The number of carbonyl (C=O) groups excluding carboxylic acids is 1. The summed E-state index contributed by atoms with van der Waals surface area (Å²) in [6, 6.07) is 15.0. The lowest BCUT2D eigenvalue weighted by molar-refractivity contribution is 0.0992. The molecular weight excluding hydrogens is 438 g/mol. The number of primary amides is 1. The van der Waals surface area contributed by atoms with E-state index in [0.717, 1.165) is 28.6 Å². The molecule has 0 atom stereocenters. The Morgan fingerprint density at radius 3 is 2.50 bits per heavy atom. The van der Waals surface area contributed by atoms with E-state index in [1.807, 2.05) is 30.3 Å². The van der Waals surface area contributed by atoms with Gasteiger partial charge >= 0.3 is 0 Å². The fraction of sp³-hybridized carbons (Fsp3) is 0.0455. The molecule has 3 aromatic heterocycles. The van der Waals surface area contributed by atoms with E-state index in [9.17, 15) is 13.6 Å². The highest BCUT2D eigenvalue weighted by Gasteiger charge is 2.18. The summed E-state index contributed by atoms with van der Waals surface area (Å²) in [5.74, 6) is -3.25. The second kappa shape index (κ2) is 8.27. The zero-order chi connectivity index (χ0) is 21.5. The number of benzene rings is 2. The number of pyridine rings is 2. The van der Waals surface area contributed by atoms with Crippen LogP contribution in [0.2, 0.25) is 0 Å². The van der Waals surface area contributed by atoms with Crippen LogP contribution in [0.5, 0.6) is 0 Å². The van der Waals surface area contributed by atoms with Crippen molar-refractivity contribution in [2.45, 2.75) is 6.54 Å². The molecule has 160 valence electrons. The van der Waals surface area contributed by atoms with E-state index < -0.39 is 23.1 Å². The van der Waals surface area contributed by atoms with Gasteiger partial charge < -0.3 is 5.73 Å². The van der Waals surface area contributed by atoms with E-state index in [4.69, 9.17) is 5.73 Å². The Morgan fingerprint density at radius 2 is 1.75 bits per heavy atom. The summed E-state index contributed by atoms with van der Waals surface area (Å²) < 4.78 is 30.0. The Bertz CT molecular complexity index is 1460. The van der Waals surface area contributed by atoms with E-state index in [2.05, 4.69) is 20.3 Å². The van der Waals surface area contributed by atoms with Crippen LogP contribution in [-0.2, 0) is 6.54 Å². The second-order valence-corrected chi connectivity index (χ2v) is 7.00. The van der Waals surface area contributed by atoms with Gasteiger partial charge in [0.15, 0.2) is 5.65 Å². The fourth-order valence-corrected chi connectivity index (χ4v) is 3.47. The number of fused-ring (bicyclic) bond motifs is 2. The van der Waals surface area contributed by atoms with Gasteiger partial charge in [-0.05, 0) is 48.0 Å². The molecule has 0 radical (unpaired) electrons. The van der Waals surface area contributed by atoms with Gasteiger partial charge in [0.05, 0.1) is 17.8 Å². The minimum Gasteiger partial charge on any atom is -0.365 e. The van der Waals surface area contributed by atoms with Crippen LogP contribution in [0.4, 0.5) is 8.78 Å². The first-order valence-electron chi connectivity index (χ1n) is 9.33. The minimum atomic E-state index is -1.17. The summed E-state index contributed by atoms with van der Waals surface area (Å²) in [6.07, 6.45) is 1.74. The lowest BCUT2D eigenvalue weighted by Crippen LogP contribution is -2.15. The maximum absolute atomic E-state index is 14.2. The van der Waals surface area contributed by atoms with Crippen molar-refractivity contribution in [1.82, 2.24) is 25.0 Å². The zero-order valence-electron chi connectivity index (χ0n) is 16.4. The van der Waals surface area contributed by atoms with Crippen LogP contribution in [0, 0.1) is 11.6 Å². The van der Waals surface area contributed by atoms with Crippen molar-refractivity contribution in [3.05, 3.63) is 83.6 Å². The molecule has 0 saturated heterocycles. The lowest BCUT2D eigenvalue weighted by Gasteiger charge is -2.07. The third kappa shape index (κ3) is 3.74. The Hall–Kier alpha value is -3.98. The summed E-state index contributed by atoms with van der Waals surface area (Å²) in [7, 11) is 0. The number of nitrogens with two attached hydrogens (primary N) is 1. The Balaban J connectivity index is 0.00000245. The van der Waals surface area contributed by atoms with Crippen LogP contribution >= 0.6 is 12.4 Å². The maximum Gasteiger partial charge on any atom is 0.254 e. The predicted octanol–water partition coefficient (Wildman–Crippen LogP) is 3.89. The molecule has 0 aliphatic heterocycles. The number of halogens is 3. The first-order chi connectivity index (χ1) is 15.0. The highest BCUT2D eigenvalue weighted by molar-refractivity contribution is 5.94. The Morgan fingerprint density at radius 1 is 1.00 bits per heavy atom. The standard InChI is InChI=1S/C22H14F2N6O.ClH/c23-15-9-14(10-16(24)20(15)21(25)31)18-5-6-19-22(27-18)30(29-28-19)11-12-3-4-17-13(8-12)2-1-7-26-17;/h1-10H,11H2,(H2,25,31);1H. The molecule has 32 heavy (non-hydrogen) atoms. The molecule has 5 rings (SSSR count). The minimum absolute atomic E-state index is 0. The van der Waals surface area contributed by atoms with Crippen molar-refractivity contribution >= 4 is 40.4 Å². The summed E-state index contributed by atoms with van der Waals surface area (Å²) >= 11 is 0. The smallest absolute Gasteiger partial charge is 0.254 e. The summed E-state index contributed by atoms with van der Waals surface area (Å²) in [5, 5.41) is 9.27. The fourth-order valence-electron chi connectivity index (χ4n) is 3.47. The largest absolute Gasteiger partial charge is 0.365 e. The topological polar surface area (TPSA) is 99.6 Å². The molecule has 10 heteroatoms. The highest BCUT2D eigenvalue weighted by atomic mass is 35.5. The molecule has 1 amide bonds. The van der Waals surface area contributed by atoms with Crippen molar-refractivity contribution in [2.24, 2.45) is 5.73 Å². The van der Waals surface area contributed by atoms with Gasteiger partial charge in [0.1, 0.15) is 22.7 Å². The quantitative estimate of drug-likeness (QED) is 0.446. The van der Waals surface area contributed by atoms with Crippen LogP contribution in [-0.4, -0.2) is 30.9 Å². The van der Waals surface area contributed by atoms with Crippen LogP contribution in [0.15, 0.2) is 60.8 Å².